The molecule has 0 aromatic heterocycles. The van der Waals surface area contributed by atoms with Gasteiger partial charge in [0.05, 0.1) is 0 Å². The molecule has 14 heavy (non-hydrogen) atoms. The Kier molecular flexibility index (Phi) is 6.15. The van der Waals surface area contributed by atoms with Crippen LogP contribution in [0.25, 0.3) is 0 Å². The fourth-order valence-corrected chi connectivity index (χ4v) is 1.99. The van der Waals surface area contributed by atoms with Crippen molar-refractivity contribution in [2.24, 2.45) is 0 Å². The third-order valence-electron chi connectivity index (χ3n) is 2.98. The number of nitrogens with one attached hydrogen (secondary N) is 1. The van der Waals surface area contributed by atoms with Crippen molar-refractivity contribution in [1.29, 1.82) is 0 Å². The van der Waals surface area contributed by atoms with Gasteiger partial charge in [-0.05, 0) is 45.9 Å². The van der Waals surface area contributed by atoms with Crippen molar-refractivity contribution in [2.45, 2.75) is 32.2 Å². The summed E-state index contributed by atoms with van der Waals surface area (Å²) in [6.45, 7) is 7.76. The molecule has 0 saturated carbocycles. The molecule has 83 valence electrons. The van der Waals surface area contributed by atoms with Crippen LogP contribution in [0, 0.1) is 0 Å². The lowest BCUT2D eigenvalue weighted by Crippen LogP contribution is -2.39. The number of hydrogen-bond acceptors (Lipinski definition) is 2. The average molecular weight is 198 g/mol. The summed E-state index contributed by atoms with van der Waals surface area (Å²) in [7, 11) is 2.25. The molecule has 0 aromatic carbocycles. The largest absolute Gasteiger partial charge is 0.317 e. The molecule has 3 heteroatoms. The normalized spacial score (nSPS) is 19.1. The molecule has 1 rings (SSSR count). The maximum absolute atomic E-state index is 4.38. The van der Waals surface area contributed by atoms with Crippen molar-refractivity contribution in [2.75, 3.05) is 39.8 Å². The molecule has 1 aliphatic heterocycles. The topological polar surface area (TPSA) is 29.4 Å². The summed E-state index contributed by atoms with van der Waals surface area (Å²) in [5, 5.41) is 7.74. The van der Waals surface area contributed by atoms with Crippen molar-refractivity contribution in [3.63, 3.8) is 0 Å². The van der Waals surface area contributed by atoms with E-state index in [4.69, 9.17) is 0 Å². The fraction of sp³-hybridized carbons (Fsp3) is 1.00. The third kappa shape index (κ3) is 4.40. The molecule has 0 bridgehead atoms. The first-order chi connectivity index (χ1) is 6.84. The van der Waals surface area contributed by atoms with Gasteiger partial charge in [0.1, 0.15) is 0 Å². The second kappa shape index (κ2) is 7.21. The molecule has 1 heterocycles. The first kappa shape index (κ1) is 12.0. The van der Waals surface area contributed by atoms with E-state index in [9.17, 15) is 0 Å². The summed E-state index contributed by atoms with van der Waals surface area (Å²) < 4.78 is 0. The van der Waals surface area contributed by atoms with Gasteiger partial charge in [0.2, 0.25) is 0 Å². The first-order valence-electron chi connectivity index (χ1n) is 5.88. The minimum absolute atomic E-state index is 0.786. The van der Waals surface area contributed by atoms with Gasteiger partial charge in [-0.2, -0.15) is 0 Å². The first-order valence-corrected chi connectivity index (χ1v) is 5.88. The molecule has 0 spiro atoms. The number of rotatable bonds is 6. The molecule has 0 aliphatic carbocycles. The van der Waals surface area contributed by atoms with Gasteiger partial charge in [0.25, 0.3) is 0 Å². The monoisotopic (exact) mass is 198 g/mol. The van der Waals surface area contributed by atoms with Gasteiger partial charge < -0.3 is 10.2 Å². The van der Waals surface area contributed by atoms with Crippen LogP contribution in [-0.2, 0) is 0 Å². The second-order valence-electron chi connectivity index (χ2n) is 4.09. The van der Waals surface area contributed by atoms with E-state index >= 15 is 0 Å². The zero-order chi connectivity index (χ0) is 10.2. The molecule has 0 atom stereocenters. The van der Waals surface area contributed by atoms with Gasteiger partial charge in [-0.3, -0.25) is 0 Å². The zero-order valence-electron chi connectivity index (χ0n) is 9.63. The van der Waals surface area contributed by atoms with Crippen molar-refractivity contribution < 1.29 is 0 Å². The molecular formula is C11H24N3. The molecular weight excluding hydrogens is 174 g/mol. The van der Waals surface area contributed by atoms with Crippen LogP contribution in [0.4, 0.5) is 0 Å². The van der Waals surface area contributed by atoms with Gasteiger partial charge in [0.15, 0.2) is 0 Å². The highest BCUT2D eigenvalue weighted by atomic mass is 15.1. The Bertz CT molecular complexity index is 132. The predicted molar refractivity (Wildman–Crippen MR) is 60.7 cm³/mol. The molecule has 1 saturated heterocycles. The highest BCUT2D eigenvalue weighted by molar-refractivity contribution is 4.75. The SMILES string of the molecule is CCNCCCN(C)C1CC[N]CC1. The van der Waals surface area contributed by atoms with Crippen LogP contribution in [-0.4, -0.2) is 50.7 Å². The maximum Gasteiger partial charge on any atom is 0.0148 e. The fourth-order valence-electron chi connectivity index (χ4n) is 1.99. The van der Waals surface area contributed by atoms with Gasteiger partial charge in [0, 0.05) is 19.1 Å². The number of piperidine rings is 1. The average Bonchev–Trinajstić information content (AvgIpc) is 2.25. The summed E-state index contributed by atoms with van der Waals surface area (Å²) >= 11 is 0. The number of nitrogens with zero attached hydrogens (tertiary/aromatic N) is 2. The van der Waals surface area contributed by atoms with Crippen LogP contribution in [0.15, 0.2) is 0 Å². The van der Waals surface area contributed by atoms with Crippen molar-refractivity contribution >= 4 is 0 Å². The van der Waals surface area contributed by atoms with Crippen LogP contribution in [0.5, 0.6) is 0 Å². The molecule has 1 radical (unpaired) electrons. The third-order valence-corrected chi connectivity index (χ3v) is 2.98. The summed E-state index contributed by atoms with van der Waals surface area (Å²) in [5.41, 5.74) is 0. The summed E-state index contributed by atoms with van der Waals surface area (Å²) in [6.07, 6.45) is 3.79. The lowest BCUT2D eigenvalue weighted by Gasteiger charge is -2.30. The smallest absolute Gasteiger partial charge is 0.0148 e. The molecule has 0 amide bonds. The molecule has 1 N–H and O–H groups in total. The highest BCUT2D eigenvalue weighted by Gasteiger charge is 2.17. The second-order valence-corrected chi connectivity index (χ2v) is 4.09. The van der Waals surface area contributed by atoms with Crippen LogP contribution < -0.4 is 10.6 Å². The van der Waals surface area contributed by atoms with Gasteiger partial charge in [-0.15, -0.1) is 0 Å². The van der Waals surface area contributed by atoms with E-state index in [1.807, 2.05) is 0 Å². The Morgan fingerprint density at radius 2 is 2.07 bits per heavy atom. The Morgan fingerprint density at radius 3 is 2.71 bits per heavy atom. The van der Waals surface area contributed by atoms with Crippen LogP contribution in [0.3, 0.4) is 0 Å². The molecule has 0 unspecified atom stereocenters. The van der Waals surface area contributed by atoms with Gasteiger partial charge in [-0.25, -0.2) is 5.32 Å². The van der Waals surface area contributed by atoms with Crippen molar-refractivity contribution in [3.05, 3.63) is 0 Å². The highest BCUT2D eigenvalue weighted by Crippen LogP contribution is 2.10. The Hall–Kier alpha value is -0.120. The predicted octanol–water partition coefficient (Wildman–Crippen LogP) is 0.685. The maximum atomic E-state index is 4.38. The Labute approximate surface area is 88.2 Å². The lowest BCUT2D eigenvalue weighted by atomic mass is 10.1. The molecule has 1 fully saturated rings. The molecule has 1 aliphatic rings. The quantitative estimate of drug-likeness (QED) is 0.636. The molecule has 3 nitrogen and oxygen atoms in total. The van der Waals surface area contributed by atoms with Crippen molar-refractivity contribution in [3.8, 4) is 0 Å². The summed E-state index contributed by atoms with van der Waals surface area (Å²) in [6, 6.07) is 0.786. The van der Waals surface area contributed by atoms with E-state index < -0.39 is 0 Å². The Balaban J connectivity index is 2.04. The van der Waals surface area contributed by atoms with E-state index in [1.165, 1.54) is 25.8 Å². The van der Waals surface area contributed by atoms with E-state index in [2.05, 4.69) is 29.5 Å². The standard InChI is InChI=1S/C11H24N3/c1-3-12-7-4-10-14(2)11-5-8-13-9-6-11/h11-12H,3-10H2,1-2H3. The van der Waals surface area contributed by atoms with Crippen molar-refractivity contribution in [1.82, 2.24) is 15.5 Å². The summed E-state index contributed by atoms with van der Waals surface area (Å²) in [5.74, 6) is 0. The summed E-state index contributed by atoms with van der Waals surface area (Å²) in [4.78, 5) is 2.51. The minimum atomic E-state index is 0.786. The van der Waals surface area contributed by atoms with Gasteiger partial charge in [-0.1, -0.05) is 6.92 Å². The molecule has 0 aromatic rings. The van der Waals surface area contributed by atoms with Crippen LogP contribution in [0.1, 0.15) is 26.2 Å². The van der Waals surface area contributed by atoms with E-state index in [1.54, 1.807) is 0 Å². The minimum Gasteiger partial charge on any atom is -0.317 e. The van der Waals surface area contributed by atoms with Gasteiger partial charge >= 0.3 is 0 Å². The lowest BCUT2D eigenvalue weighted by molar-refractivity contribution is 0.195. The van der Waals surface area contributed by atoms with Crippen LogP contribution in [0.2, 0.25) is 0 Å². The van der Waals surface area contributed by atoms with Crippen LogP contribution >= 0.6 is 0 Å². The number of hydrogen-bond donors (Lipinski definition) is 1. The van der Waals surface area contributed by atoms with E-state index in [0.717, 1.165) is 32.2 Å². The Morgan fingerprint density at radius 1 is 1.36 bits per heavy atom. The zero-order valence-corrected chi connectivity index (χ0v) is 9.63. The van der Waals surface area contributed by atoms with E-state index in [0.29, 0.717) is 0 Å². The van der Waals surface area contributed by atoms with E-state index in [-0.39, 0.29) is 0 Å².